The summed E-state index contributed by atoms with van der Waals surface area (Å²) in [5.41, 5.74) is 0.710. The predicted molar refractivity (Wildman–Crippen MR) is 77.3 cm³/mol. The molecule has 0 aliphatic rings. The number of hydrogen-bond donors (Lipinski definition) is 1. The van der Waals surface area contributed by atoms with Gasteiger partial charge in [-0.2, -0.15) is 0 Å². The van der Waals surface area contributed by atoms with Crippen LogP contribution in [0.1, 0.15) is 46.5 Å². The minimum Gasteiger partial charge on any atom is -0.379 e. The summed E-state index contributed by atoms with van der Waals surface area (Å²) < 4.78 is 0. The van der Waals surface area contributed by atoms with E-state index in [0.29, 0.717) is 5.69 Å². The van der Waals surface area contributed by atoms with Crippen molar-refractivity contribution in [3.63, 3.8) is 0 Å². The van der Waals surface area contributed by atoms with Gasteiger partial charge in [0.15, 0.2) is 0 Å². The Bertz CT molecular complexity index is 419. The fourth-order valence-corrected chi connectivity index (χ4v) is 1.96. The number of unbranched alkanes of at least 4 members (excludes halogenated alkanes) is 2. The van der Waals surface area contributed by atoms with Gasteiger partial charge in [0, 0.05) is 12.7 Å². The van der Waals surface area contributed by atoms with E-state index < -0.39 is 4.92 Å². The number of nitrogens with zero attached hydrogens (tertiary/aromatic N) is 2. The zero-order valence-corrected chi connectivity index (χ0v) is 12.0. The molecule has 0 atom stereocenters. The highest BCUT2D eigenvalue weighted by Gasteiger charge is 2.19. The highest BCUT2D eigenvalue weighted by molar-refractivity contribution is 5.59. The molecule has 19 heavy (non-hydrogen) atoms. The SMILES string of the molecule is CCCCCC(C)(C)CNc1ccncc1[N+](=O)[O-]. The Balaban J connectivity index is 2.58. The maximum absolute atomic E-state index is 10.9. The van der Waals surface area contributed by atoms with Crippen LogP contribution in [0, 0.1) is 15.5 Å². The zero-order chi connectivity index (χ0) is 14.3. The molecule has 1 aromatic rings. The summed E-state index contributed by atoms with van der Waals surface area (Å²) in [6.45, 7) is 7.28. The van der Waals surface area contributed by atoms with Crippen molar-refractivity contribution in [2.75, 3.05) is 11.9 Å². The third-order valence-corrected chi connectivity index (χ3v) is 3.21. The number of hydrogen-bond acceptors (Lipinski definition) is 4. The zero-order valence-electron chi connectivity index (χ0n) is 12.0. The van der Waals surface area contributed by atoms with E-state index >= 15 is 0 Å². The molecule has 0 unspecified atom stereocenters. The van der Waals surface area contributed by atoms with Crippen molar-refractivity contribution in [2.45, 2.75) is 46.5 Å². The molecule has 0 aliphatic carbocycles. The topological polar surface area (TPSA) is 68.1 Å². The Kier molecular flexibility index (Phi) is 5.73. The van der Waals surface area contributed by atoms with Crippen molar-refractivity contribution in [3.05, 3.63) is 28.6 Å². The lowest BCUT2D eigenvalue weighted by molar-refractivity contribution is -0.384. The fourth-order valence-electron chi connectivity index (χ4n) is 1.96. The second kappa shape index (κ2) is 7.07. The number of nitrogens with one attached hydrogen (secondary N) is 1. The number of aromatic nitrogens is 1. The van der Waals surface area contributed by atoms with E-state index in [1.165, 1.54) is 25.5 Å². The lowest BCUT2D eigenvalue weighted by Gasteiger charge is -2.25. The standard InChI is InChI=1S/C14H23N3O2/c1-4-5-6-8-14(2,3)11-16-12-7-9-15-10-13(12)17(18)19/h7,9-10H,4-6,8,11H2,1-3H3,(H,15,16). The normalized spacial score (nSPS) is 11.3. The third kappa shape index (κ3) is 5.24. The Morgan fingerprint density at radius 1 is 1.42 bits per heavy atom. The Morgan fingerprint density at radius 3 is 2.79 bits per heavy atom. The van der Waals surface area contributed by atoms with Crippen LogP contribution in [-0.2, 0) is 0 Å². The molecule has 0 saturated heterocycles. The van der Waals surface area contributed by atoms with Crippen LogP contribution in [0.4, 0.5) is 11.4 Å². The van der Waals surface area contributed by atoms with E-state index in [1.54, 1.807) is 12.3 Å². The van der Waals surface area contributed by atoms with Crippen LogP contribution >= 0.6 is 0 Å². The molecule has 0 fully saturated rings. The van der Waals surface area contributed by atoms with Crippen LogP contribution in [0.25, 0.3) is 0 Å². The highest BCUT2D eigenvalue weighted by Crippen LogP contribution is 2.27. The molecule has 0 amide bonds. The van der Waals surface area contributed by atoms with Gasteiger partial charge in [0.2, 0.25) is 0 Å². The lowest BCUT2D eigenvalue weighted by atomic mass is 9.87. The van der Waals surface area contributed by atoms with Crippen LogP contribution in [-0.4, -0.2) is 16.5 Å². The van der Waals surface area contributed by atoms with Gasteiger partial charge in [-0.3, -0.25) is 15.1 Å². The van der Waals surface area contributed by atoms with E-state index in [2.05, 4.69) is 31.1 Å². The van der Waals surface area contributed by atoms with E-state index in [0.717, 1.165) is 13.0 Å². The predicted octanol–water partition coefficient (Wildman–Crippen LogP) is 4.01. The second-order valence-electron chi connectivity index (χ2n) is 5.62. The molecule has 1 rings (SSSR count). The quantitative estimate of drug-likeness (QED) is 0.438. The molecule has 0 radical (unpaired) electrons. The van der Waals surface area contributed by atoms with Crippen LogP contribution in [0.3, 0.4) is 0 Å². The van der Waals surface area contributed by atoms with Crippen molar-refractivity contribution >= 4 is 11.4 Å². The molecule has 1 N–H and O–H groups in total. The van der Waals surface area contributed by atoms with Crippen LogP contribution in [0.15, 0.2) is 18.5 Å². The maximum atomic E-state index is 10.9. The summed E-state index contributed by atoms with van der Waals surface area (Å²) in [6.07, 6.45) is 7.61. The van der Waals surface area contributed by atoms with Gasteiger partial charge in [-0.25, -0.2) is 0 Å². The number of anilines is 1. The van der Waals surface area contributed by atoms with Gasteiger partial charge in [0.1, 0.15) is 11.9 Å². The molecule has 0 aromatic carbocycles. The molecular weight excluding hydrogens is 242 g/mol. The molecule has 1 aromatic heterocycles. The average molecular weight is 265 g/mol. The average Bonchev–Trinajstić information content (AvgIpc) is 2.37. The molecule has 1 heterocycles. The van der Waals surface area contributed by atoms with Crippen molar-refractivity contribution in [3.8, 4) is 0 Å². The van der Waals surface area contributed by atoms with Crippen molar-refractivity contribution < 1.29 is 4.92 Å². The Morgan fingerprint density at radius 2 is 2.16 bits per heavy atom. The minimum atomic E-state index is -0.403. The van der Waals surface area contributed by atoms with Crippen LogP contribution in [0.2, 0.25) is 0 Å². The minimum absolute atomic E-state index is 0.0341. The summed E-state index contributed by atoms with van der Waals surface area (Å²) in [7, 11) is 0. The smallest absolute Gasteiger partial charge is 0.310 e. The third-order valence-electron chi connectivity index (χ3n) is 3.21. The van der Waals surface area contributed by atoms with E-state index in [9.17, 15) is 10.1 Å². The largest absolute Gasteiger partial charge is 0.379 e. The van der Waals surface area contributed by atoms with Gasteiger partial charge in [-0.05, 0) is 17.9 Å². The molecule has 0 spiro atoms. The monoisotopic (exact) mass is 265 g/mol. The van der Waals surface area contributed by atoms with Gasteiger partial charge in [0.25, 0.3) is 0 Å². The van der Waals surface area contributed by atoms with Crippen molar-refractivity contribution in [1.29, 1.82) is 0 Å². The summed E-state index contributed by atoms with van der Waals surface area (Å²) in [6, 6.07) is 1.65. The first-order chi connectivity index (χ1) is 8.96. The van der Waals surface area contributed by atoms with Crippen LogP contribution in [0.5, 0.6) is 0 Å². The molecule has 5 nitrogen and oxygen atoms in total. The van der Waals surface area contributed by atoms with Crippen molar-refractivity contribution in [2.24, 2.45) is 5.41 Å². The lowest BCUT2D eigenvalue weighted by Crippen LogP contribution is -2.23. The fraction of sp³-hybridized carbons (Fsp3) is 0.643. The van der Waals surface area contributed by atoms with E-state index in [1.807, 2.05) is 0 Å². The molecule has 106 valence electrons. The van der Waals surface area contributed by atoms with Gasteiger partial charge in [-0.15, -0.1) is 0 Å². The molecular formula is C14H23N3O2. The number of pyridine rings is 1. The van der Waals surface area contributed by atoms with Gasteiger partial charge < -0.3 is 5.32 Å². The molecule has 0 saturated carbocycles. The van der Waals surface area contributed by atoms with E-state index in [4.69, 9.17) is 0 Å². The summed E-state index contributed by atoms with van der Waals surface area (Å²) in [4.78, 5) is 14.3. The van der Waals surface area contributed by atoms with E-state index in [-0.39, 0.29) is 11.1 Å². The van der Waals surface area contributed by atoms with Gasteiger partial charge in [-0.1, -0.05) is 40.0 Å². The Hall–Kier alpha value is -1.65. The molecule has 0 bridgehead atoms. The molecule has 5 heteroatoms. The maximum Gasteiger partial charge on any atom is 0.310 e. The first-order valence-electron chi connectivity index (χ1n) is 6.78. The number of rotatable bonds is 8. The van der Waals surface area contributed by atoms with Gasteiger partial charge >= 0.3 is 5.69 Å². The highest BCUT2D eigenvalue weighted by atomic mass is 16.6. The number of nitro groups is 1. The second-order valence-corrected chi connectivity index (χ2v) is 5.62. The summed E-state index contributed by atoms with van der Waals surface area (Å²) in [5, 5.41) is 14.1. The molecule has 0 aliphatic heterocycles. The summed E-state index contributed by atoms with van der Waals surface area (Å²) in [5.74, 6) is 0. The Labute approximate surface area is 114 Å². The summed E-state index contributed by atoms with van der Waals surface area (Å²) >= 11 is 0. The first kappa shape index (κ1) is 15.4. The first-order valence-corrected chi connectivity index (χ1v) is 6.78. The van der Waals surface area contributed by atoms with Crippen molar-refractivity contribution in [1.82, 2.24) is 4.98 Å². The van der Waals surface area contributed by atoms with Gasteiger partial charge in [0.05, 0.1) is 4.92 Å². The van der Waals surface area contributed by atoms with Crippen LogP contribution < -0.4 is 5.32 Å².